The highest BCUT2D eigenvalue weighted by molar-refractivity contribution is 6.26. The van der Waals surface area contributed by atoms with Crippen LogP contribution < -0.4 is 5.32 Å². The van der Waals surface area contributed by atoms with Crippen LogP contribution in [0.5, 0.6) is 0 Å². The molecule has 5 atom stereocenters. The Kier molecular flexibility index (Phi) is 6.82. The Hall–Kier alpha value is -4.60. The summed E-state index contributed by atoms with van der Waals surface area (Å²) in [4.78, 5) is 71.5. The van der Waals surface area contributed by atoms with Crippen molar-refractivity contribution in [2.24, 2.45) is 0 Å². The lowest BCUT2D eigenvalue weighted by molar-refractivity contribution is -0.125. The molecule has 1 amide bonds. The highest BCUT2D eigenvalue weighted by Gasteiger charge is 2.59. The lowest BCUT2D eigenvalue weighted by Gasteiger charge is -2.60. The number of hydrogen-bond donors (Lipinski definition) is 1. The molecule has 6 rings (SSSR count). The van der Waals surface area contributed by atoms with E-state index < -0.39 is 41.6 Å². The van der Waals surface area contributed by atoms with Crippen LogP contribution in [0.2, 0.25) is 0 Å². The normalized spacial score (nSPS) is 29.3. The second-order valence-corrected chi connectivity index (χ2v) is 11.3. The number of ketones is 4. The minimum Gasteiger partial charge on any atom is -0.492 e. The molecular weight excluding hydrogens is 556 g/mol. The Morgan fingerprint density at radius 2 is 1.56 bits per heavy atom. The maximum absolute atomic E-state index is 13.9. The SMILES string of the molecule is COC1=C(C)C(=O)C2=C(C1=O)[C@H]1[C@@H](C#N)N3[C@@H](CNC(=O)c4ccco4)C4=C(C[C@H]3[C@H](C2)N1C)C(=O)C(C)=C(OC)C4=O. The molecular formula is C31H30N4O8. The first kappa shape index (κ1) is 28.5. The van der Waals surface area contributed by atoms with Crippen LogP contribution in [0.25, 0.3) is 0 Å². The zero-order valence-electron chi connectivity index (χ0n) is 24.3. The summed E-state index contributed by atoms with van der Waals surface area (Å²) in [6, 6.07) is 1.76. The van der Waals surface area contributed by atoms with Gasteiger partial charge in [-0.2, -0.15) is 5.26 Å². The average Bonchev–Trinajstić information content (AvgIpc) is 3.53. The van der Waals surface area contributed by atoms with Crippen LogP contribution in [0.4, 0.5) is 0 Å². The molecule has 5 aliphatic rings. The van der Waals surface area contributed by atoms with Crippen molar-refractivity contribution in [3.05, 3.63) is 69.1 Å². The van der Waals surface area contributed by atoms with Crippen molar-refractivity contribution in [2.45, 2.75) is 56.9 Å². The van der Waals surface area contributed by atoms with Gasteiger partial charge in [-0.3, -0.25) is 33.8 Å². The van der Waals surface area contributed by atoms with Gasteiger partial charge >= 0.3 is 0 Å². The molecule has 0 spiro atoms. The Morgan fingerprint density at radius 1 is 0.977 bits per heavy atom. The van der Waals surface area contributed by atoms with Crippen LogP contribution in [0, 0.1) is 11.3 Å². The van der Waals surface area contributed by atoms with E-state index in [0.717, 1.165) is 0 Å². The van der Waals surface area contributed by atoms with Gasteiger partial charge in [-0.1, -0.05) is 0 Å². The number of allylic oxidation sites excluding steroid dienone is 4. The quantitative estimate of drug-likeness (QED) is 0.494. The lowest BCUT2D eigenvalue weighted by atomic mass is 9.68. The minimum absolute atomic E-state index is 0.0567. The van der Waals surface area contributed by atoms with Gasteiger partial charge in [0.1, 0.15) is 6.04 Å². The van der Waals surface area contributed by atoms with E-state index in [-0.39, 0.29) is 76.6 Å². The molecule has 12 nitrogen and oxygen atoms in total. The third-order valence-electron chi connectivity index (χ3n) is 9.43. The molecule has 0 radical (unpaired) electrons. The number of nitrogens with zero attached hydrogens (tertiary/aromatic N) is 3. The zero-order chi connectivity index (χ0) is 30.9. The molecule has 2 bridgehead atoms. The molecule has 3 aliphatic heterocycles. The molecule has 222 valence electrons. The van der Waals surface area contributed by atoms with Gasteiger partial charge in [-0.25, -0.2) is 0 Å². The number of carbonyl (C=O) groups is 5. The number of fused-ring (bicyclic) bond motifs is 5. The highest BCUT2D eigenvalue weighted by Crippen LogP contribution is 2.48. The average molecular weight is 587 g/mol. The molecule has 43 heavy (non-hydrogen) atoms. The van der Waals surface area contributed by atoms with Crippen LogP contribution in [-0.2, 0) is 28.7 Å². The lowest BCUT2D eigenvalue weighted by Crippen LogP contribution is -2.74. The van der Waals surface area contributed by atoms with Crippen molar-refractivity contribution in [1.29, 1.82) is 5.26 Å². The van der Waals surface area contributed by atoms with Crippen molar-refractivity contribution in [3.8, 4) is 6.07 Å². The number of likely N-dealkylation sites (N-methyl/N-ethyl adjacent to an activating group) is 1. The summed E-state index contributed by atoms with van der Waals surface area (Å²) in [5, 5.41) is 13.5. The number of nitriles is 1. The van der Waals surface area contributed by atoms with Gasteiger partial charge in [-0.05, 0) is 45.9 Å². The largest absolute Gasteiger partial charge is 0.492 e. The molecule has 0 saturated carbocycles. The molecule has 12 heteroatoms. The molecule has 1 fully saturated rings. The second-order valence-electron chi connectivity index (χ2n) is 11.3. The molecule has 4 heterocycles. The second kappa shape index (κ2) is 10.3. The number of nitrogens with one attached hydrogen (secondary N) is 1. The van der Waals surface area contributed by atoms with E-state index in [4.69, 9.17) is 13.9 Å². The van der Waals surface area contributed by atoms with Crippen LogP contribution >= 0.6 is 0 Å². The first-order chi connectivity index (χ1) is 20.6. The smallest absolute Gasteiger partial charge is 0.287 e. The number of Topliss-reactive ketones (excluding diaryl/α,β-unsaturated/α-hetero) is 4. The van der Waals surface area contributed by atoms with Crippen LogP contribution in [0.15, 0.2) is 67.8 Å². The monoisotopic (exact) mass is 586 g/mol. The van der Waals surface area contributed by atoms with Crippen molar-refractivity contribution in [2.75, 3.05) is 27.8 Å². The first-order valence-corrected chi connectivity index (χ1v) is 13.9. The molecule has 2 aliphatic carbocycles. The van der Waals surface area contributed by atoms with E-state index in [1.54, 1.807) is 20.0 Å². The van der Waals surface area contributed by atoms with Gasteiger partial charge in [0.15, 0.2) is 28.8 Å². The summed E-state index contributed by atoms with van der Waals surface area (Å²) < 4.78 is 15.9. The predicted octanol–water partition coefficient (Wildman–Crippen LogP) is 1.17. The fourth-order valence-electron chi connectivity index (χ4n) is 7.50. The summed E-state index contributed by atoms with van der Waals surface area (Å²) in [6.45, 7) is 2.96. The number of hydrogen-bond acceptors (Lipinski definition) is 11. The van der Waals surface area contributed by atoms with Gasteiger partial charge in [0, 0.05) is 52.1 Å². The zero-order valence-corrected chi connectivity index (χ0v) is 24.3. The highest BCUT2D eigenvalue weighted by atomic mass is 16.5. The summed E-state index contributed by atoms with van der Waals surface area (Å²) in [7, 11) is 4.44. The van der Waals surface area contributed by atoms with Crippen molar-refractivity contribution in [1.82, 2.24) is 15.1 Å². The topological polar surface area (TPSA) is 159 Å². The van der Waals surface area contributed by atoms with E-state index >= 15 is 0 Å². The van der Waals surface area contributed by atoms with Crippen molar-refractivity contribution < 1.29 is 37.9 Å². The Morgan fingerprint density at radius 3 is 2.12 bits per heavy atom. The Bertz CT molecular complexity index is 1670. The number of furan rings is 1. The van der Waals surface area contributed by atoms with Crippen molar-refractivity contribution in [3.63, 3.8) is 0 Å². The number of methoxy groups -OCH3 is 2. The fourth-order valence-corrected chi connectivity index (χ4v) is 7.50. The maximum atomic E-state index is 13.9. The van der Waals surface area contributed by atoms with Gasteiger partial charge in [-0.15, -0.1) is 0 Å². The summed E-state index contributed by atoms with van der Waals surface area (Å²) in [5.74, 6) is -2.20. The van der Waals surface area contributed by atoms with Gasteiger partial charge in [0.05, 0.1) is 38.6 Å². The molecule has 1 aromatic rings. The molecule has 1 saturated heterocycles. The van der Waals surface area contributed by atoms with Gasteiger partial charge < -0.3 is 19.2 Å². The van der Waals surface area contributed by atoms with E-state index in [0.29, 0.717) is 11.1 Å². The minimum atomic E-state index is -1.02. The van der Waals surface area contributed by atoms with E-state index in [2.05, 4.69) is 11.4 Å². The van der Waals surface area contributed by atoms with Crippen LogP contribution in [-0.4, -0.2) is 96.9 Å². The molecule has 1 N–H and O–H groups in total. The Labute approximate surface area is 247 Å². The predicted molar refractivity (Wildman–Crippen MR) is 148 cm³/mol. The summed E-state index contributed by atoms with van der Waals surface area (Å²) in [6.07, 6.45) is 1.70. The molecule has 1 aromatic heterocycles. The Balaban J connectivity index is 1.49. The summed E-state index contributed by atoms with van der Waals surface area (Å²) >= 11 is 0. The van der Waals surface area contributed by atoms with E-state index in [1.807, 2.05) is 9.80 Å². The molecule has 0 aromatic carbocycles. The van der Waals surface area contributed by atoms with Gasteiger partial charge in [0.25, 0.3) is 5.91 Å². The number of piperazine rings is 1. The third-order valence-corrected chi connectivity index (χ3v) is 9.43. The number of ether oxygens (including phenoxy) is 2. The van der Waals surface area contributed by atoms with Gasteiger partial charge in [0.2, 0.25) is 11.6 Å². The fraction of sp³-hybridized carbons (Fsp3) is 0.419. The number of amides is 1. The summed E-state index contributed by atoms with van der Waals surface area (Å²) in [5.41, 5.74) is 1.41. The maximum Gasteiger partial charge on any atom is 0.287 e. The standard InChI is InChI=1S/C31H30N4O8/c1-13-25(36)15-10-18-17-9-16-23(28(39)30(42-5)14(2)26(16)37)24(34(17)3)19(11-32)35(18)20(22(15)27(38)29(13)41-4)12-33-31(40)21-7-6-8-43-21/h6-8,17-20,24H,9-10,12H2,1-5H3,(H,33,40)/t17-,18-,19+,20-,24+/m0/s1. The van der Waals surface area contributed by atoms with E-state index in [1.165, 1.54) is 33.5 Å². The number of rotatable bonds is 5. The van der Waals surface area contributed by atoms with Crippen LogP contribution in [0.3, 0.4) is 0 Å². The molecule has 0 unspecified atom stereocenters. The third kappa shape index (κ3) is 3.92. The van der Waals surface area contributed by atoms with E-state index in [9.17, 15) is 29.2 Å². The number of carbonyl (C=O) groups excluding carboxylic acids is 5. The van der Waals surface area contributed by atoms with Crippen molar-refractivity contribution >= 4 is 29.0 Å². The first-order valence-electron chi connectivity index (χ1n) is 13.9. The van der Waals surface area contributed by atoms with Crippen LogP contribution in [0.1, 0.15) is 37.2 Å².